The van der Waals surface area contributed by atoms with E-state index in [1.807, 2.05) is 6.07 Å². The van der Waals surface area contributed by atoms with Crippen molar-refractivity contribution in [2.45, 2.75) is 12.5 Å². The molecular weight excluding hydrogens is 323 g/mol. The first-order chi connectivity index (χ1) is 9.08. The molecule has 1 aromatic rings. The van der Waals surface area contributed by atoms with Crippen molar-refractivity contribution < 1.29 is 9.53 Å². The van der Waals surface area contributed by atoms with Crippen LogP contribution >= 0.6 is 35.6 Å². The molecule has 1 aliphatic heterocycles. The Morgan fingerprint density at radius 1 is 1.40 bits per heavy atom. The Balaban J connectivity index is 0.00000200. The van der Waals surface area contributed by atoms with Crippen LogP contribution in [0.4, 0.5) is 0 Å². The summed E-state index contributed by atoms with van der Waals surface area (Å²) in [6.45, 7) is 2.03. The van der Waals surface area contributed by atoms with Gasteiger partial charge in [-0.05, 0) is 17.7 Å². The van der Waals surface area contributed by atoms with Gasteiger partial charge in [-0.15, -0.1) is 12.4 Å². The predicted octanol–water partition coefficient (Wildman–Crippen LogP) is 2.57. The number of rotatable bonds is 3. The molecule has 2 atom stereocenters. The van der Waals surface area contributed by atoms with E-state index in [9.17, 15) is 4.79 Å². The third kappa shape index (κ3) is 4.50. The molecule has 1 heterocycles. The molecular formula is C13H17Cl3N2O2. The quantitative estimate of drug-likeness (QED) is 0.889. The topological polar surface area (TPSA) is 64.4 Å². The van der Waals surface area contributed by atoms with Gasteiger partial charge >= 0.3 is 0 Å². The van der Waals surface area contributed by atoms with E-state index in [4.69, 9.17) is 33.7 Å². The van der Waals surface area contributed by atoms with Crippen molar-refractivity contribution in [3.05, 3.63) is 33.8 Å². The predicted molar refractivity (Wildman–Crippen MR) is 82.6 cm³/mol. The van der Waals surface area contributed by atoms with Crippen LogP contribution in [0, 0.1) is 5.92 Å². The molecule has 4 nitrogen and oxygen atoms in total. The normalized spacial score (nSPS) is 22.7. The van der Waals surface area contributed by atoms with Crippen molar-refractivity contribution in [2.24, 2.45) is 11.7 Å². The zero-order valence-electron chi connectivity index (χ0n) is 10.8. The van der Waals surface area contributed by atoms with E-state index < -0.39 is 0 Å². The fourth-order valence-electron chi connectivity index (χ4n) is 2.28. The van der Waals surface area contributed by atoms with Crippen molar-refractivity contribution in [1.82, 2.24) is 5.32 Å². The second-order valence-electron chi connectivity index (χ2n) is 4.60. The van der Waals surface area contributed by atoms with Gasteiger partial charge < -0.3 is 15.8 Å². The van der Waals surface area contributed by atoms with Gasteiger partial charge in [0.2, 0.25) is 5.91 Å². The zero-order chi connectivity index (χ0) is 13.8. The summed E-state index contributed by atoms with van der Waals surface area (Å²) in [4.78, 5) is 11.2. The maximum absolute atomic E-state index is 11.2. The molecule has 0 radical (unpaired) electrons. The lowest BCUT2D eigenvalue weighted by atomic mass is 9.92. The Bertz CT molecular complexity index is 471. The maximum atomic E-state index is 11.2. The molecule has 2 unspecified atom stereocenters. The van der Waals surface area contributed by atoms with Crippen LogP contribution in [0.25, 0.3) is 0 Å². The van der Waals surface area contributed by atoms with E-state index in [2.05, 4.69) is 5.32 Å². The number of amides is 1. The van der Waals surface area contributed by atoms with Crippen LogP contribution in [-0.2, 0) is 9.53 Å². The number of nitrogens with one attached hydrogen (secondary N) is 1. The molecule has 1 amide bonds. The number of halogens is 3. The third-order valence-corrected chi connectivity index (χ3v) is 3.89. The lowest BCUT2D eigenvalue weighted by Crippen LogP contribution is -2.28. The van der Waals surface area contributed by atoms with E-state index in [1.54, 1.807) is 12.1 Å². The Morgan fingerprint density at radius 3 is 2.80 bits per heavy atom. The van der Waals surface area contributed by atoms with Gasteiger partial charge in [0.1, 0.15) is 0 Å². The van der Waals surface area contributed by atoms with E-state index in [-0.39, 0.29) is 36.8 Å². The van der Waals surface area contributed by atoms with Crippen molar-refractivity contribution in [3.63, 3.8) is 0 Å². The van der Waals surface area contributed by atoms with Crippen molar-refractivity contribution in [3.8, 4) is 0 Å². The van der Waals surface area contributed by atoms with Crippen molar-refractivity contribution in [1.29, 1.82) is 0 Å². The molecule has 7 heteroatoms. The molecule has 3 N–H and O–H groups in total. The van der Waals surface area contributed by atoms with Crippen LogP contribution in [0.5, 0.6) is 0 Å². The van der Waals surface area contributed by atoms with Gasteiger partial charge in [0.25, 0.3) is 0 Å². The molecule has 1 saturated heterocycles. The van der Waals surface area contributed by atoms with E-state index >= 15 is 0 Å². The van der Waals surface area contributed by atoms with E-state index in [0.717, 1.165) is 12.1 Å². The molecule has 1 fully saturated rings. The number of hydrogen-bond acceptors (Lipinski definition) is 3. The summed E-state index contributed by atoms with van der Waals surface area (Å²) < 4.78 is 5.83. The van der Waals surface area contributed by atoms with Crippen LogP contribution in [0.1, 0.15) is 18.1 Å². The molecule has 112 valence electrons. The minimum absolute atomic E-state index is 0. The number of primary amides is 1. The van der Waals surface area contributed by atoms with Gasteiger partial charge in [-0.2, -0.15) is 0 Å². The highest BCUT2D eigenvalue weighted by atomic mass is 35.5. The highest BCUT2D eigenvalue weighted by molar-refractivity contribution is 6.42. The average molecular weight is 340 g/mol. The van der Waals surface area contributed by atoms with Crippen molar-refractivity contribution >= 4 is 41.5 Å². The summed E-state index contributed by atoms with van der Waals surface area (Å²) in [5, 5.41) is 4.22. The molecule has 0 saturated carbocycles. The average Bonchev–Trinajstić information content (AvgIpc) is 2.57. The molecule has 0 aliphatic carbocycles. The first-order valence-corrected chi connectivity index (χ1v) is 6.89. The number of carbonyl (C=O) groups excluding carboxylic acids is 1. The summed E-state index contributed by atoms with van der Waals surface area (Å²) in [6, 6.07) is 5.40. The second-order valence-corrected chi connectivity index (χ2v) is 5.41. The SMILES string of the molecule is Cl.NC(=O)CC1CNCCOC1c1ccc(Cl)c(Cl)c1. The standard InChI is InChI=1S/C13H16Cl2N2O2.ClH/c14-10-2-1-8(5-11(10)15)13-9(6-12(16)18)7-17-3-4-19-13;/h1-2,5,9,13,17H,3-4,6-7H2,(H2,16,18);1H. The number of carbonyl (C=O) groups is 1. The fourth-order valence-corrected chi connectivity index (χ4v) is 2.59. The van der Waals surface area contributed by atoms with E-state index in [1.165, 1.54) is 0 Å². The molecule has 0 aromatic heterocycles. The second kappa shape index (κ2) is 8.05. The Kier molecular flexibility index (Phi) is 7.06. The highest BCUT2D eigenvalue weighted by Gasteiger charge is 2.27. The molecule has 20 heavy (non-hydrogen) atoms. The first kappa shape index (κ1) is 17.5. The van der Waals surface area contributed by atoms with Crippen LogP contribution < -0.4 is 11.1 Å². The van der Waals surface area contributed by atoms with Gasteiger partial charge in [0.15, 0.2) is 0 Å². The molecule has 0 spiro atoms. The van der Waals surface area contributed by atoms with Gasteiger partial charge in [0.05, 0.1) is 22.8 Å². The summed E-state index contributed by atoms with van der Waals surface area (Å²) >= 11 is 11.9. The van der Waals surface area contributed by atoms with Crippen LogP contribution in [0.15, 0.2) is 18.2 Å². The lowest BCUT2D eigenvalue weighted by molar-refractivity contribution is -0.120. The largest absolute Gasteiger partial charge is 0.372 e. The van der Waals surface area contributed by atoms with Gasteiger partial charge in [-0.25, -0.2) is 0 Å². The minimum Gasteiger partial charge on any atom is -0.372 e. The Labute approximate surface area is 134 Å². The van der Waals surface area contributed by atoms with Crippen LogP contribution in [0.2, 0.25) is 10.0 Å². The maximum Gasteiger partial charge on any atom is 0.217 e. The van der Waals surface area contributed by atoms with E-state index in [0.29, 0.717) is 23.2 Å². The van der Waals surface area contributed by atoms with Gasteiger partial charge in [-0.1, -0.05) is 29.3 Å². The summed E-state index contributed by atoms with van der Waals surface area (Å²) in [7, 11) is 0. The van der Waals surface area contributed by atoms with Crippen LogP contribution in [-0.4, -0.2) is 25.6 Å². The summed E-state index contributed by atoms with van der Waals surface area (Å²) in [6.07, 6.45) is 0.0787. The highest BCUT2D eigenvalue weighted by Crippen LogP contribution is 2.33. The van der Waals surface area contributed by atoms with Crippen LogP contribution in [0.3, 0.4) is 0 Å². The van der Waals surface area contributed by atoms with Crippen molar-refractivity contribution in [2.75, 3.05) is 19.7 Å². The Morgan fingerprint density at radius 2 is 2.15 bits per heavy atom. The third-order valence-electron chi connectivity index (χ3n) is 3.15. The summed E-state index contributed by atoms with van der Waals surface area (Å²) in [5.41, 5.74) is 6.22. The number of ether oxygens (including phenoxy) is 1. The van der Waals surface area contributed by atoms with Gasteiger partial charge in [-0.3, -0.25) is 4.79 Å². The summed E-state index contributed by atoms with van der Waals surface area (Å²) in [5.74, 6) is -0.334. The smallest absolute Gasteiger partial charge is 0.217 e. The molecule has 0 bridgehead atoms. The zero-order valence-corrected chi connectivity index (χ0v) is 13.1. The Hall–Kier alpha value is -0.520. The minimum atomic E-state index is -0.331. The molecule has 2 rings (SSSR count). The monoisotopic (exact) mass is 338 g/mol. The van der Waals surface area contributed by atoms with Gasteiger partial charge in [0, 0.05) is 25.4 Å². The molecule has 1 aromatic carbocycles. The molecule has 1 aliphatic rings. The fraction of sp³-hybridized carbons (Fsp3) is 0.462. The first-order valence-electron chi connectivity index (χ1n) is 6.13. The number of hydrogen-bond donors (Lipinski definition) is 2. The number of nitrogens with two attached hydrogens (primary N) is 1. The number of benzene rings is 1. The lowest BCUT2D eigenvalue weighted by Gasteiger charge is -2.24.